The summed E-state index contributed by atoms with van der Waals surface area (Å²) in [6, 6.07) is 19.7. The minimum atomic E-state index is -0.0599. The monoisotopic (exact) mass is 347 g/mol. The van der Waals surface area contributed by atoms with Gasteiger partial charge in [-0.05, 0) is 42.1 Å². The van der Waals surface area contributed by atoms with Gasteiger partial charge >= 0.3 is 0 Å². The van der Waals surface area contributed by atoms with Crippen LogP contribution < -0.4 is 5.32 Å². The van der Waals surface area contributed by atoms with Crippen LogP contribution in [0.5, 0.6) is 0 Å². The molecule has 0 atom stereocenters. The molecule has 5 heteroatoms. The van der Waals surface area contributed by atoms with Gasteiger partial charge in [0.1, 0.15) is 6.54 Å². The normalized spacial score (nSPS) is 10.9. The first-order chi connectivity index (χ1) is 12.2. The zero-order valence-corrected chi connectivity index (χ0v) is 14.6. The second kappa shape index (κ2) is 6.53. The van der Waals surface area contributed by atoms with E-state index < -0.39 is 0 Å². The van der Waals surface area contributed by atoms with Crippen molar-refractivity contribution in [2.24, 2.45) is 0 Å². The first-order valence-electron chi connectivity index (χ1n) is 8.07. The highest BCUT2D eigenvalue weighted by Gasteiger charge is 2.16. The number of thiophene rings is 1. The summed E-state index contributed by atoms with van der Waals surface area (Å²) in [5, 5.41) is 5.02. The van der Waals surface area contributed by atoms with Crippen LogP contribution in [0.2, 0.25) is 0 Å². The molecule has 2 aromatic carbocycles. The molecule has 2 heterocycles. The quantitative estimate of drug-likeness (QED) is 0.581. The molecule has 1 amide bonds. The van der Waals surface area contributed by atoms with E-state index in [4.69, 9.17) is 4.98 Å². The van der Waals surface area contributed by atoms with Gasteiger partial charge in [-0.1, -0.05) is 36.4 Å². The summed E-state index contributed by atoms with van der Waals surface area (Å²) in [6.07, 6.45) is 0. The second-order valence-electron chi connectivity index (χ2n) is 5.85. The lowest BCUT2D eigenvalue weighted by atomic mass is 10.2. The predicted octanol–water partition coefficient (Wildman–Crippen LogP) is 4.71. The van der Waals surface area contributed by atoms with Crippen LogP contribution in [-0.2, 0) is 11.3 Å². The van der Waals surface area contributed by atoms with Crippen LogP contribution in [0, 0.1) is 6.92 Å². The van der Waals surface area contributed by atoms with Crippen molar-refractivity contribution in [3.05, 3.63) is 71.6 Å². The highest BCUT2D eigenvalue weighted by atomic mass is 32.1. The maximum atomic E-state index is 12.6. The van der Waals surface area contributed by atoms with Crippen LogP contribution in [0.3, 0.4) is 0 Å². The molecule has 4 aromatic rings. The summed E-state index contributed by atoms with van der Waals surface area (Å²) in [5.41, 5.74) is 3.75. The molecule has 2 aromatic heterocycles. The van der Waals surface area contributed by atoms with Gasteiger partial charge in [-0.3, -0.25) is 4.79 Å². The minimum absolute atomic E-state index is 0.0599. The van der Waals surface area contributed by atoms with Gasteiger partial charge in [0.05, 0.1) is 15.9 Å². The number of aromatic nitrogens is 2. The fourth-order valence-electron chi connectivity index (χ4n) is 2.88. The number of hydrogen-bond acceptors (Lipinski definition) is 3. The van der Waals surface area contributed by atoms with Crippen molar-refractivity contribution in [2.75, 3.05) is 5.32 Å². The Hall–Kier alpha value is -2.92. The molecule has 4 rings (SSSR count). The Kier molecular flexibility index (Phi) is 4.07. The minimum Gasteiger partial charge on any atom is -0.324 e. The fourth-order valence-corrected chi connectivity index (χ4v) is 3.60. The number of nitrogens with one attached hydrogen (secondary N) is 1. The van der Waals surface area contributed by atoms with Gasteiger partial charge in [0.25, 0.3) is 0 Å². The number of benzene rings is 2. The van der Waals surface area contributed by atoms with E-state index >= 15 is 0 Å². The Morgan fingerprint density at radius 3 is 2.68 bits per heavy atom. The molecular weight excluding hydrogens is 330 g/mol. The van der Waals surface area contributed by atoms with Gasteiger partial charge in [0, 0.05) is 5.69 Å². The summed E-state index contributed by atoms with van der Waals surface area (Å²) in [6.45, 7) is 2.21. The molecule has 0 aliphatic rings. The molecule has 0 bridgehead atoms. The van der Waals surface area contributed by atoms with Gasteiger partial charge in [0.15, 0.2) is 5.82 Å². The summed E-state index contributed by atoms with van der Waals surface area (Å²) >= 11 is 1.62. The highest BCUT2D eigenvalue weighted by Crippen LogP contribution is 2.28. The Bertz CT molecular complexity index is 1030. The van der Waals surface area contributed by atoms with E-state index in [1.807, 2.05) is 77.5 Å². The third kappa shape index (κ3) is 3.06. The lowest BCUT2D eigenvalue weighted by Crippen LogP contribution is -2.19. The van der Waals surface area contributed by atoms with E-state index in [-0.39, 0.29) is 12.5 Å². The average molecular weight is 347 g/mol. The van der Waals surface area contributed by atoms with Crippen molar-refractivity contribution in [3.63, 3.8) is 0 Å². The van der Waals surface area contributed by atoms with Crippen molar-refractivity contribution in [1.29, 1.82) is 0 Å². The topological polar surface area (TPSA) is 46.9 Å². The Morgan fingerprint density at radius 1 is 1.08 bits per heavy atom. The number of para-hydroxylation sites is 3. The number of carbonyl (C=O) groups is 1. The summed E-state index contributed by atoms with van der Waals surface area (Å²) in [5.74, 6) is 0.770. The first-order valence-corrected chi connectivity index (χ1v) is 8.95. The number of anilines is 1. The number of carbonyl (C=O) groups excluding carboxylic acids is 1. The summed E-state index contributed by atoms with van der Waals surface area (Å²) < 4.78 is 1.98. The molecule has 0 saturated carbocycles. The molecule has 4 nitrogen and oxygen atoms in total. The molecule has 0 spiro atoms. The molecule has 0 fully saturated rings. The average Bonchev–Trinajstić information content (AvgIpc) is 3.25. The molecule has 1 N–H and O–H groups in total. The lowest BCUT2D eigenvalue weighted by Gasteiger charge is -2.11. The second-order valence-corrected chi connectivity index (χ2v) is 6.80. The van der Waals surface area contributed by atoms with Crippen molar-refractivity contribution in [1.82, 2.24) is 9.55 Å². The van der Waals surface area contributed by atoms with E-state index in [9.17, 15) is 4.79 Å². The molecular formula is C20H17N3OS. The summed E-state index contributed by atoms with van der Waals surface area (Å²) in [7, 11) is 0. The number of imidazole rings is 1. The fraction of sp³-hybridized carbons (Fsp3) is 0.100. The predicted molar refractivity (Wildman–Crippen MR) is 103 cm³/mol. The Balaban J connectivity index is 1.70. The highest BCUT2D eigenvalue weighted by molar-refractivity contribution is 7.13. The van der Waals surface area contributed by atoms with E-state index in [1.165, 1.54) is 0 Å². The van der Waals surface area contributed by atoms with Gasteiger partial charge in [0.2, 0.25) is 5.91 Å². The molecule has 124 valence electrons. The van der Waals surface area contributed by atoms with Crippen LogP contribution in [0.15, 0.2) is 66.0 Å². The Labute approximate surface area is 149 Å². The number of aryl methyl sites for hydroxylation is 1. The SMILES string of the molecule is Cc1ccccc1NC(=O)Cn1c(-c2cccs2)nc2ccccc21. The van der Waals surface area contributed by atoms with Crippen LogP contribution >= 0.6 is 11.3 Å². The van der Waals surface area contributed by atoms with Gasteiger partial charge < -0.3 is 9.88 Å². The van der Waals surface area contributed by atoms with Crippen molar-refractivity contribution in [2.45, 2.75) is 13.5 Å². The van der Waals surface area contributed by atoms with Gasteiger partial charge in [-0.2, -0.15) is 0 Å². The molecule has 0 radical (unpaired) electrons. The van der Waals surface area contributed by atoms with Gasteiger partial charge in [-0.15, -0.1) is 11.3 Å². The van der Waals surface area contributed by atoms with Crippen LogP contribution in [0.4, 0.5) is 5.69 Å². The number of nitrogens with zero attached hydrogens (tertiary/aromatic N) is 2. The van der Waals surface area contributed by atoms with Crippen LogP contribution in [0.25, 0.3) is 21.7 Å². The number of rotatable bonds is 4. The number of amides is 1. The third-order valence-corrected chi connectivity index (χ3v) is 4.98. The van der Waals surface area contributed by atoms with Crippen molar-refractivity contribution < 1.29 is 4.79 Å². The summed E-state index contributed by atoms with van der Waals surface area (Å²) in [4.78, 5) is 18.4. The maximum Gasteiger partial charge on any atom is 0.244 e. The van der Waals surface area contributed by atoms with E-state index in [0.717, 1.165) is 33.0 Å². The van der Waals surface area contributed by atoms with Gasteiger partial charge in [-0.25, -0.2) is 4.98 Å². The smallest absolute Gasteiger partial charge is 0.244 e. The Morgan fingerprint density at radius 2 is 1.88 bits per heavy atom. The van der Waals surface area contributed by atoms with Crippen molar-refractivity contribution >= 4 is 34.0 Å². The number of fused-ring (bicyclic) bond motifs is 1. The van der Waals surface area contributed by atoms with E-state index in [0.29, 0.717) is 0 Å². The van der Waals surface area contributed by atoms with E-state index in [1.54, 1.807) is 11.3 Å². The van der Waals surface area contributed by atoms with E-state index in [2.05, 4.69) is 5.32 Å². The maximum absolute atomic E-state index is 12.6. The van der Waals surface area contributed by atoms with Crippen molar-refractivity contribution in [3.8, 4) is 10.7 Å². The zero-order valence-electron chi connectivity index (χ0n) is 13.8. The molecule has 0 saturated heterocycles. The van der Waals surface area contributed by atoms with Crippen LogP contribution in [0.1, 0.15) is 5.56 Å². The molecule has 25 heavy (non-hydrogen) atoms. The number of hydrogen-bond donors (Lipinski definition) is 1. The lowest BCUT2D eigenvalue weighted by molar-refractivity contribution is -0.116. The zero-order chi connectivity index (χ0) is 17.2. The molecule has 0 unspecified atom stereocenters. The van der Waals surface area contributed by atoms with Crippen LogP contribution in [-0.4, -0.2) is 15.5 Å². The third-order valence-electron chi connectivity index (χ3n) is 4.12. The molecule has 0 aliphatic carbocycles. The molecule has 0 aliphatic heterocycles. The standard InChI is InChI=1S/C20H17N3OS/c1-14-7-2-3-8-15(14)21-19(24)13-23-17-10-5-4-9-16(17)22-20(23)18-11-6-12-25-18/h2-12H,13H2,1H3,(H,21,24). The first kappa shape index (κ1) is 15.6. The largest absolute Gasteiger partial charge is 0.324 e.